The predicted octanol–water partition coefficient (Wildman–Crippen LogP) is 4.11. The van der Waals surface area contributed by atoms with Crippen molar-refractivity contribution < 1.29 is 4.74 Å². The molecule has 0 aliphatic rings. The zero-order valence-corrected chi connectivity index (χ0v) is 18.6. The van der Waals surface area contributed by atoms with Gasteiger partial charge in [-0.15, -0.1) is 0 Å². The van der Waals surface area contributed by atoms with E-state index in [0.717, 1.165) is 47.0 Å². The number of likely N-dealkylation sites (N-methyl/N-ethyl adjacent to an activating group) is 1. The lowest BCUT2D eigenvalue weighted by molar-refractivity contribution is 0.261. The van der Waals surface area contributed by atoms with Gasteiger partial charge in [0.05, 0.1) is 5.69 Å². The van der Waals surface area contributed by atoms with Gasteiger partial charge in [-0.1, -0.05) is 6.07 Å². The Bertz CT molecular complexity index is 1160. The standard InChI is InChI=1S/C24H27N7O/c1-4-31-17-21(23(29-31)18-7-6-11-25-16-18)22-10-12-26-24(28-22)27-19-8-5-9-20(15-19)32-14-13-30(2)3/h5-12,15-17H,4,13-14H2,1-3H3,(H,26,27,28). The van der Waals surface area contributed by atoms with Gasteiger partial charge in [-0.2, -0.15) is 5.10 Å². The topological polar surface area (TPSA) is 81.0 Å². The molecule has 4 rings (SSSR count). The third kappa shape index (κ3) is 5.28. The van der Waals surface area contributed by atoms with E-state index in [2.05, 4.69) is 27.1 Å². The van der Waals surface area contributed by atoms with Gasteiger partial charge in [-0.3, -0.25) is 9.67 Å². The third-order valence-electron chi connectivity index (χ3n) is 4.85. The molecule has 0 amide bonds. The first-order valence-electron chi connectivity index (χ1n) is 10.6. The normalized spacial score (nSPS) is 11.0. The molecular weight excluding hydrogens is 402 g/mol. The summed E-state index contributed by atoms with van der Waals surface area (Å²) in [7, 11) is 4.05. The van der Waals surface area contributed by atoms with Gasteiger partial charge >= 0.3 is 0 Å². The Kier molecular flexibility index (Phi) is 6.72. The molecule has 1 N–H and O–H groups in total. The van der Waals surface area contributed by atoms with Crippen molar-refractivity contribution in [1.82, 2.24) is 29.6 Å². The van der Waals surface area contributed by atoms with Crippen molar-refractivity contribution in [3.8, 4) is 28.3 Å². The van der Waals surface area contributed by atoms with Crippen LogP contribution in [0.1, 0.15) is 6.92 Å². The molecule has 0 aliphatic heterocycles. The maximum atomic E-state index is 5.83. The summed E-state index contributed by atoms with van der Waals surface area (Å²) in [5.74, 6) is 1.31. The largest absolute Gasteiger partial charge is 0.492 e. The van der Waals surface area contributed by atoms with Crippen LogP contribution >= 0.6 is 0 Å². The average molecular weight is 430 g/mol. The van der Waals surface area contributed by atoms with Gasteiger partial charge in [0.25, 0.3) is 0 Å². The number of aryl methyl sites for hydroxylation is 1. The molecule has 8 heteroatoms. The minimum Gasteiger partial charge on any atom is -0.492 e. The smallest absolute Gasteiger partial charge is 0.227 e. The van der Waals surface area contributed by atoms with Crippen molar-refractivity contribution in [3.05, 3.63) is 67.3 Å². The lowest BCUT2D eigenvalue weighted by Crippen LogP contribution is -2.19. The molecule has 0 spiro atoms. The van der Waals surface area contributed by atoms with E-state index in [1.807, 2.05) is 73.6 Å². The van der Waals surface area contributed by atoms with Crippen LogP contribution in [0.4, 0.5) is 11.6 Å². The molecule has 0 bridgehead atoms. The summed E-state index contributed by atoms with van der Waals surface area (Å²) >= 11 is 0. The predicted molar refractivity (Wildman–Crippen MR) is 126 cm³/mol. The highest BCUT2D eigenvalue weighted by Gasteiger charge is 2.15. The second-order valence-electron chi connectivity index (χ2n) is 7.56. The average Bonchev–Trinajstić information content (AvgIpc) is 3.25. The van der Waals surface area contributed by atoms with E-state index in [-0.39, 0.29) is 0 Å². The molecule has 164 valence electrons. The zero-order valence-electron chi connectivity index (χ0n) is 18.6. The minimum atomic E-state index is 0.509. The van der Waals surface area contributed by atoms with E-state index in [0.29, 0.717) is 12.6 Å². The number of nitrogens with one attached hydrogen (secondary N) is 1. The second-order valence-corrected chi connectivity index (χ2v) is 7.56. The lowest BCUT2D eigenvalue weighted by Gasteiger charge is -2.12. The van der Waals surface area contributed by atoms with Gasteiger partial charge in [-0.05, 0) is 51.4 Å². The van der Waals surface area contributed by atoms with Crippen LogP contribution in [0.25, 0.3) is 22.5 Å². The maximum absolute atomic E-state index is 5.83. The van der Waals surface area contributed by atoms with Crippen molar-refractivity contribution in [3.63, 3.8) is 0 Å². The van der Waals surface area contributed by atoms with Gasteiger partial charge < -0.3 is 15.0 Å². The van der Waals surface area contributed by atoms with Gasteiger partial charge in [-0.25, -0.2) is 9.97 Å². The number of anilines is 2. The number of hydrogen-bond donors (Lipinski definition) is 1. The molecule has 3 aromatic heterocycles. The Morgan fingerprint density at radius 1 is 1.09 bits per heavy atom. The highest BCUT2D eigenvalue weighted by atomic mass is 16.5. The van der Waals surface area contributed by atoms with E-state index in [1.54, 1.807) is 12.4 Å². The quantitative estimate of drug-likeness (QED) is 0.429. The van der Waals surface area contributed by atoms with Crippen LogP contribution in [0.2, 0.25) is 0 Å². The molecule has 0 saturated heterocycles. The fourth-order valence-corrected chi connectivity index (χ4v) is 3.19. The molecule has 0 fully saturated rings. The number of ether oxygens (including phenoxy) is 1. The second kappa shape index (κ2) is 10.0. The third-order valence-corrected chi connectivity index (χ3v) is 4.85. The Morgan fingerprint density at radius 2 is 2.00 bits per heavy atom. The van der Waals surface area contributed by atoms with Crippen molar-refractivity contribution in [2.24, 2.45) is 0 Å². The molecule has 8 nitrogen and oxygen atoms in total. The van der Waals surface area contributed by atoms with E-state index in [4.69, 9.17) is 14.8 Å². The Hall–Kier alpha value is -3.78. The van der Waals surface area contributed by atoms with Crippen LogP contribution in [0, 0.1) is 0 Å². The van der Waals surface area contributed by atoms with E-state index in [1.165, 1.54) is 0 Å². The summed E-state index contributed by atoms with van der Waals surface area (Å²) in [6.07, 6.45) is 7.32. The van der Waals surface area contributed by atoms with Gasteiger partial charge in [0, 0.05) is 60.8 Å². The molecule has 0 radical (unpaired) electrons. The van der Waals surface area contributed by atoms with Crippen LogP contribution in [0.15, 0.2) is 67.3 Å². The van der Waals surface area contributed by atoms with E-state index in [9.17, 15) is 0 Å². The van der Waals surface area contributed by atoms with Crippen molar-refractivity contribution in [1.29, 1.82) is 0 Å². The van der Waals surface area contributed by atoms with Gasteiger partial charge in [0.15, 0.2) is 0 Å². The van der Waals surface area contributed by atoms with Crippen LogP contribution in [0.5, 0.6) is 5.75 Å². The first-order chi connectivity index (χ1) is 15.6. The number of benzene rings is 1. The summed E-state index contributed by atoms with van der Waals surface area (Å²) in [6.45, 7) is 4.31. The van der Waals surface area contributed by atoms with Crippen molar-refractivity contribution in [2.45, 2.75) is 13.5 Å². The van der Waals surface area contributed by atoms with Crippen LogP contribution in [0.3, 0.4) is 0 Å². The summed E-state index contributed by atoms with van der Waals surface area (Å²) in [6, 6.07) is 13.6. The molecule has 1 aromatic carbocycles. The molecule has 32 heavy (non-hydrogen) atoms. The molecule has 0 unspecified atom stereocenters. The Morgan fingerprint density at radius 3 is 2.78 bits per heavy atom. The lowest BCUT2D eigenvalue weighted by atomic mass is 10.1. The fourth-order valence-electron chi connectivity index (χ4n) is 3.19. The SMILES string of the molecule is CCn1cc(-c2ccnc(Nc3cccc(OCCN(C)C)c3)n2)c(-c2cccnc2)n1. The highest BCUT2D eigenvalue weighted by Crippen LogP contribution is 2.30. The van der Waals surface area contributed by atoms with Crippen LogP contribution in [-0.2, 0) is 6.54 Å². The maximum Gasteiger partial charge on any atom is 0.227 e. The molecule has 3 heterocycles. The van der Waals surface area contributed by atoms with Crippen molar-refractivity contribution in [2.75, 3.05) is 32.6 Å². The van der Waals surface area contributed by atoms with Crippen LogP contribution in [-0.4, -0.2) is 56.9 Å². The van der Waals surface area contributed by atoms with Crippen molar-refractivity contribution >= 4 is 11.6 Å². The zero-order chi connectivity index (χ0) is 22.3. The number of pyridine rings is 1. The first-order valence-corrected chi connectivity index (χ1v) is 10.6. The summed E-state index contributed by atoms with van der Waals surface area (Å²) in [5, 5.41) is 8.00. The summed E-state index contributed by atoms with van der Waals surface area (Å²) < 4.78 is 7.73. The molecule has 4 aromatic rings. The Balaban J connectivity index is 1.57. The number of hydrogen-bond acceptors (Lipinski definition) is 7. The van der Waals surface area contributed by atoms with Gasteiger partial charge in [0.2, 0.25) is 5.95 Å². The van der Waals surface area contributed by atoms with E-state index >= 15 is 0 Å². The molecular formula is C24H27N7O. The van der Waals surface area contributed by atoms with Gasteiger partial charge in [0.1, 0.15) is 18.1 Å². The highest BCUT2D eigenvalue weighted by molar-refractivity contribution is 5.78. The summed E-state index contributed by atoms with van der Waals surface area (Å²) in [4.78, 5) is 15.5. The van der Waals surface area contributed by atoms with Crippen LogP contribution < -0.4 is 10.1 Å². The molecule has 0 atom stereocenters. The molecule has 0 saturated carbocycles. The fraction of sp³-hybridized carbons (Fsp3) is 0.250. The number of nitrogens with zero attached hydrogens (tertiary/aromatic N) is 6. The van der Waals surface area contributed by atoms with E-state index < -0.39 is 0 Å². The molecule has 0 aliphatic carbocycles. The Labute approximate surface area is 187 Å². The first kappa shape index (κ1) is 21.5. The number of rotatable bonds is 9. The monoisotopic (exact) mass is 429 g/mol. The minimum absolute atomic E-state index is 0.509. The number of aromatic nitrogens is 5. The summed E-state index contributed by atoms with van der Waals surface area (Å²) in [5.41, 5.74) is 4.39.